The smallest absolute Gasteiger partial charge is 0.418 e. The summed E-state index contributed by atoms with van der Waals surface area (Å²) in [5.74, 6) is -0.686. The zero-order valence-corrected chi connectivity index (χ0v) is 27.4. The number of nitrogens with two attached hydrogens (primary N) is 1. The van der Waals surface area contributed by atoms with Gasteiger partial charge in [0, 0.05) is 44.7 Å². The molecule has 0 aliphatic carbocycles. The largest absolute Gasteiger partial charge is 0.436 e. The Kier molecular flexibility index (Phi) is 10.1. The van der Waals surface area contributed by atoms with Gasteiger partial charge in [-0.25, -0.2) is 9.59 Å². The summed E-state index contributed by atoms with van der Waals surface area (Å²) in [5, 5.41) is 0. The maximum absolute atomic E-state index is 13.9. The summed E-state index contributed by atoms with van der Waals surface area (Å²) in [5.41, 5.74) is 1.11. The number of imidazole rings is 1. The Hall–Kier alpha value is -4.21. The van der Waals surface area contributed by atoms with E-state index in [1.165, 1.54) is 9.80 Å². The van der Waals surface area contributed by atoms with Crippen molar-refractivity contribution in [1.29, 1.82) is 0 Å². The number of aromatic amines is 1. The number of alkyl halides is 6. The number of anilines is 1. The van der Waals surface area contributed by atoms with E-state index in [1.807, 2.05) is 12.1 Å². The monoisotopic (exact) mass is 710 g/mol. The molecule has 1 aromatic heterocycles. The first-order chi connectivity index (χ1) is 23.7. The van der Waals surface area contributed by atoms with Gasteiger partial charge in [-0.2, -0.15) is 26.3 Å². The molecule has 16 heteroatoms. The number of rotatable bonds is 6. The van der Waals surface area contributed by atoms with Crippen LogP contribution in [0.2, 0.25) is 0 Å². The zero-order valence-electron chi connectivity index (χ0n) is 27.4. The second kappa shape index (κ2) is 14.2. The molecule has 0 bridgehead atoms. The fourth-order valence-corrected chi connectivity index (χ4v) is 7.57. The molecule has 10 nitrogen and oxygen atoms in total. The van der Waals surface area contributed by atoms with E-state index in [9.17, 15) is 40.7 Å². The minimum absolute atomic E-state index is 0.149. The predicted octanol–water partition coefficient (Wildman–Crippen LogP) is 5.81. The van der Waals surface area contributed by atoms with Gasteiger partial charge in [-0.15, -0.1) is 0 Å². The third-order valence-corrected chi connectivity index (χ3v) is 10.2. The van der Waals surface area contributed by atoms with E-state index in [-0.39, 0.29) is 30.9 Å². The molecule has 2 amide bonds. The molecule has 50 heavy (non-hydrogen) atoms. The summed E-state index contributed by atoms with van der Waals surface area (Å²) >= 11 is 0. The number of likely N-dealkylation sites (tertiary alicyclic amines) is 3. The number of piperidine rings is 3. The minimum atomic E-state index is -5.20. The molecule has 0 saturated carbocycles. The lowest BCUT2D eigenvalue weighted by molar-refractivity contribution is -0.142. The Morgan fingerprint density at radius 2 is 1.38 bits per heavy atom. The summed E-state index contributed by atoms with van der Waals surface area (Å²) in [4.78, 5) is 48.1. The fourth-order valence-electron chi connectivity index (χ4n) is 7.57. The molecular formula is C34H40F6N6O4. The lowest BCUT2D eigenvalue weighted by Crippen LogP contribution is -2.52. The number of nitrogens with zero attached hydrogens (tertiary/aromatic N) is 4. The molecule has 272 valence electrons. The molecule has 4 heterocycles. The summed E-state index contributed by atoms with van der Waals surface area (Å²) in [6, 6.07) is 8.17. The van der Waals surface area contributed by atoms with Crippen molar-refractivity contribution in [2.24, 2.45) is 0 Å². The van der Waals surface area contributed by atoms with E-state index in [2.05, 4.69) is 9.88 Å². The Morgan fingerprint density at radius 3 is 1.98 bits per heavy atom. The standard InChI is InChI=1S/C34H40F6N6O4/c35-33(36,37)24-18-21(19-25(29(24)41)34(38,39)40)20-28(30(47)44-14-8-22(9-15-44)43-12-4-1-5-13-43)50-32(49)45-16-10-23(11-17-45)46-27-7-3-2-6-26(27)42-31(46)48/h2-3,6-7,18-19,22-23,28H,1,4-5,8-17,20,41H2,(H,42,48)/t28-/m1/s1. The molecule has 2 aromatic carbocycles. The van der Waals surface area contributed by atoms with Crippen molar-refractivity contribution in [3.05, 3.63) is 63.6 Å². The van der Waals surface area contributed by atoms with Crippen LogP contribution in [0.5, 0.6) is 0 Å². The maximum Gasteiger partial charge on any atom is 0.418 e. The van der Waals surface area contributed by atoms with Gasteiger partial charge in [-0.1, -0.05) is 18.6 Å². The first kappa shape index (κ1) is 35.6. The van der Waals surface area contributed by atoms with Gasteiger partial charge in [0.05, 0.1) is 27.8 Å². The third kappa shape index (κ3) is 7.59. The number of hydrogen-bond donors (Lipinski definition) is 2. The summed E-state index contributed by atoms with van der Waals surface area (Å²) in [6.45, 7) is 2.84. The number of H-pyrrole nitrogens is 1. The van der Waals surface area contributed by atoms with E-state index in [4.69, 9.17) is 10.5 Å². The molecule has 3 aliphatic rings. The molecule has 3 aliphatic heterocycles. The van der Waals surface area contributed by atoms with Gasteiger partial charge in [-0.3, -0.25) is 9.36 Å². The molecule has 0 radical (unpaired) electrons. The van der Waals surface area contributed by atoms with Gasteiger partial charge in [0.25, 0.3) is 5.91 Å². The van der Waals surface area contributed by atoms with Gasteiger partial charge in [0.1, 0.15) is 0 Å². The van der Waals surface area contributed by atoms with Gasteiger partial charge >= 0.3 is 24.1 Å². The predicted molar refractivity (Wildman–Crippen MR) is 172 cm³/mol. The first-order valence-corrected chi connectivity index (χ1v) is 16.9. The molecule has 1 atom stereocenters. The number of para-hydroxylation sites is 2. The van der Waals surface area contributed by atoms with E-state index >= 15 is 0 Å². The SMILES string of the molecule is Nc1c(C(F)(F)F)cc(C[C@@H](OC(=O)N2CCC(n3c(=O)[nH]c4ccccc43)CC2)C(=O)N2CCC(N3CCCCC3)CC2)cc1C(F)(F)F. The number of fused-ring (bicyclic) bond motifs is 1. The molecule has 3 saturated heterocycles. The van der Waals surface area contributed by atoms with Crippen molar-refractivity contribution in [2.45, 2.75) is 81.9 Å². The van der Waals surface area contributed by atoms with Crippen molar-refractivity contribution in [3.8, 4) is 0 Å². The van der Waals surface area contributed by atoms with E-state index in [1.54, 1.807) is 16.7 Å². The van der Waals surface area contributed by atoms with Crippen molar-refractivity contribution < 1.29 is 40.7 Å². The number of benzene rings is 2. The van der Waals surface area contributed by atoms with Crippen molar-refractivity contribution >= 4 is 28.7 Å². The second-order valence-corrected chi connectivity index (χ2v) is 13.4. The van der Waals surface area contributed by atoms with Gasteiger partial charge < -0.3 is 30.2 Å². The van der Waals surface area contributed by atoms with Crippen molar-refractivity contribution in [1.82, 2.24) is 24.3 Å². The summed E-state index contributed by atoms with van der Waals surface area (Å²) in [6.07, 6.45) is -8.34. The second-order valence-electron chi connectivity index (χ2n) is 13.4. The van der Waals surface area contributed by atoms with E-state index in [0.29, 0.717) is 61.9 Å². The molecule has 3 aromatic rings. The van der Waals surface area contributed by atoms with Crippen LogP contribution >= 0.6 is 0 Å². The lowest BCUT2D eigenvalue weighted by atomic mass is 9.96. The Labute approximate surface area is 284 Å². The van der Waals surface area contributed by atoms with Crippen molar-refractivity contribution in [3.63, 3.8) is 0 Å². The highest BCUT2D eigenvalue weighted by Crippen LogP contribution is 2.42. The normalized spacial score (nSPS) is 19.6. The first-order valence-electron chi connectivity index (χ1n) is 16.9. The van der Waals surface area contributed by atoms with Crippen LogP contribution in [-0.4, -0.2) is 87.7 Å². The Morgan fingerprint density at radius 1 is 0.820 bits per heavy atom. The number of nitrogens with one attached hydrogen (secondary N) is 1. The van der Waals surface area contributed by atoms with Crippen LogP contribution < -0.4 is 11.4 Å². The number of carbonyl (C=O) groups excluding carboxylic acids is 2. The van der Waals surface area contributed by atoms with Crippen LogP contribution in [0.25, 0.3) is 11.0 Å². The Bertz CT molecular complexity index is 1710. The van der Waals surface area contributed by atoms with Gasteiger partial charge in [0.15, 0.2) is 6.10 Å². The van der Waals surface area contributed by atoms with Crippen LogP contribution in [0.3, 0.4) is 0 Å². The van der Waals surface area contributed by atoms with Gasteiger partial charge in [-0.05, 0) is 81.4 Å². The van der Waals surface area contributed by atoms with Gasteiger partial charge in [0.2, 0.25) is 0 Å². The maximum atomic E-state index is 13.9. The molecule has 3 fully saturated rings. The zero-order chi connectivity index (χ0) is 35.8. The topological polar surface area (TPSA) is 117 Å². The van der Waals surface area contributed by atoms with E-state index in [0.717, 1.165) is 32.4 Å². The molecule has 3 N–H and O–H groups in total. The van der Waals surface area contributed by atoms with E-state index < -0.39 is 59.3 Å². The third-order valence-electron chi connectivity index (χ3n) is 10.2. The summed E-state index contributed by atoms with van der Waals surface area (Å²) in [7, 11) is 0. The number of aromatic nitrogens is 2. The van der Waals surface area contributed by atoms with Crippen LogP contribution in [0.15, 0.2) is 41.2 Å². The van der Waals surface area contributed by atoms with Crippen molar-refractivity contribution in [2.75, 3.05) is 45.0 Å². The number of hydrogen-bond acceptors (Lipinski definition) is 6. The fraction of sp³-hybridized carbons (Fsp3) is 0.559. The number of nitrogen functional groups attached to an aromatic ring is 1. The molecule has 6 rings (SSSR count). The highest BCUT2D eigenvalue weighted by Gasteiger charge is 2.42. The van der Waals surface area contributed by atoms with Crippen LogP contribution in [0, 0.1) is 0 Å². The number of ether oxygens (including phenoxy) is 1. The highest BCUT2D eigenvalue weighted by molar-refractivity contribution is 5.84. The average molecular weight is 711 g/mol. The average Bonchev–Trinajstić information content (AvgIpc) is 3.43. The molecule has 0 spiro atoms. The lowest BCUT2D eigenvalue weighted by Gasteiger charge is -2.41. The van der Waals surface area contributed by atoms with Crippen LogP contribution in [-0.2, 0) is 28.3 Å². The van der Waals surface area contributed by atoms with Crippen LogP contribution in [0.4, 0.5) is 36.8 Å². The number of carbonyl (C=O) groups is 2. The minimum Gasteiger partial charge on any atom is -0.436 e. The number of halogens is 6. The molecule has 0 unspecified atom stereocenters. The number of amides is 2. The quantitative estimate of drug-likeness (QED) is 0.247. The molecular weight excluding hydrogens is 670 g/mol. The Balaban J connectivity index is 1.21. The summed E-state index contributed by atoms with van der Waals surface area (Å²) < 4.78 is 90.3. The highest BCUT2D eigenvalue weighted by atomic mass is 19.4. The van der Waals surface area contributed by atoms with Crippen LogP contribution in [0.1, 0.15) is 67.7 Å².